The Morgan fingerprint density at radius 1 is 1.25 bits per heavy atom. The van der Waals surface area contributed by atoms with Crippen molar-refractivity contribution in [2.75, 3.05) is 0 Å². The third-order valence-electron chi connectivity index (χ3n) is 4.00. The molecule has 0 bridgehead atoms. The Kier molecular flexibility index (Phi) is 4.36. The molecule has 0 aromatic heterocycles. The van der Waals surface area contributed by atoms with E-state index in [2.05, 4.69) is 21.2 Å². The summed E-state index contributed by atoms with van der Waals surface area (Å²) in [6, 6.07) is 10.7. The molecule has 2 aromatic rings. The van der Waals surface area contributed by atoms with Gasteiger partial charge in [-0.1, -0.05) is 29.8 Å². The highest BCUT2D eigenvalue weighted by molar-refractivity contribution is 9.10. The van der Waals surface area contributed by atoms with E-state index in [0.717, 1.165) is 4.90 Å². The van der Waals surface area contributed by atoms with Gasteiger partial charge in [0.2, 0.25) is 0 Å². The lowest BCUT2D eigenvalue weighted by atomic mass is 9.92. The van der Waals surface area contributed by atoms with E-state index < -0.39 is 17.4 Å². The summed E-state index contributed by atoms with van der Waals surface area (Å²) in [7, 11) is 0. The Balaban J connectivity index is 1.90. The zero-order valence-electron chi connectivity index (χ0n) is 12.6. The molecule has 0 spiro atoms. The van der Waals surface area contributed by atoms with E-state index in [0.29, 0.717) is 16.1 Å². The monoisotopic (exact) mass is 410 g/mol. The van der Waals surface area contributed by atoms with Crippen LogP contribution < -0.4 is 5.32 Å². The molecule has 1 N–H and O–H groups in total. The zero-order chi connectivity index (χ0) is 17.5. The van der Waals surface area contributed by atoms with Gasteiger partial charge in [0.1, 0.15) is 11.4 Å². The number of rotatable bonds is 3. The molecule has 3 amide bonds. The van der Waals surface area contributed by atoms with E-state index in [1.54, 1.807) is 37.3 Å². The second-order valence-electron chi connectivity index (χ2n) is 5.71. The topological polar surface area (TPSA) is 49.4 Å². The van der Waals surface area contributed by atoms with Gasteiger partial charge >= 0.3 is 6.03 Å². The maximum atomic E-state index is 13.3. The Morgan fingerprint density at radius 3 is 2.67 bits per heavy atom. The van der Waals surface area contributed by atoms with Gasteiger partial charge < -0.3 is 5.32 Å². The molecule has 124 valence electrons. The first-order valence-electron chi connectivity index (χ1n) is 7.15. The summed E-state index contributed by atoms with van der Waals surface area (Å²) < 4.78 is 13.6. The van der Waals surface area contributed by atoms with E-state index in [-0.39, 0.29) is 16.9 Å². The van der Waals surface area contributed by atoms with Crippen LogP contribution in [0.3, 0.4) is 0 Å². The number of carbonyl (C=O) groups excluding carboxylic acids is 2. The predicted molar refractivity (Wildman–Crippen MR) is 92.0 cm³/mol. The molecule has 7 heteroatoms. The van der Waals surface area contributed by atoms with Crippen LogP contribution in [0.4, 0.5) is 9.18 Å². The highest BCUT2D eigenvalue weighted by Gasteiger charge is 2.48. The summed E-state index contributed by atoms with van der Waals surface area (Å²) >= 11 is 9.09. The summed E-state index contributed by atoms with van der Waals surface area (Å²) in [5, 5.41) is 3.20. The van der Waals surface area contributed by atoms with Crippen LogP contribution in [0.1, 0.15) is 18.1 Å². The van der Waals surface area contributed by atoms with E-state index >= 15 is 0 Å². The van der Waals surface area contributed by atoms with Crippen LogP contribution >= 0.6 is 27.5 Å². The number of urea groups is 1. The van der Waals surface area contributed by atoms with E-state index in [1.807, 2.05) is 0 Å². The summed E-state index contributed by atoms with van der Waals surface area (Å²) in [6.45, 7) is 1.69. The van der Waals surface area contributed by atoms with Crippen LogP contribution in [0.5, 0.6) is 0 Å². The van der Waals surface area contributed by atoms with Gasteiger partial charge in [-0.25, -0.2) is 9.18 Å². The fourth-order valence-electron chi connectivity index (χ4n) is 2.66. The number of imide groups is 1. The Bertz CT molecular complexity index is 845. The molecule has 1 unspecified atom stereocenters. The minimum Gasteiger partial charge on any atom is -0.319 e. The molecule has 1 aliphatic rings. The fourth-order valence-corrected chi connectivity index (χ4v) is 3.27. The smallest absolute Gasteiger partial charge is 0.319 e. The molecule has 24 heavy (non-hydrogen) atoms. The molecule has 2 aromatic carbocycles. The van der Waals surface area contributed by atoms with Crippen molar-refractivity contribution in [3.05, 3.63) is 68.9 Å². The highest BCUT2D eigenvalue weighted by Crippen LogP contribution is 2.31. The number of halogens is 3. The second kappa shape index (κ2) is 6.18. The van der Waals surface area contributed by atoms with Crippen LogP contribution in [-0.4, -0.2) is 16.8 Å². The molecule has 1 saturated heterocycles. The highest BCUT2D eigenvalue weighted by atomic mass is 79.9. The summed E-state index contributed by atoms with van der Waals surface area (Å²) in [5.74, 6) is -0.782. The largest absolute Gasteiger partial charge is 0.325 e. The molecule has 3 rings (SSSR count). The quantitative estimate of drug-likeness (QED) is 0.769. The molecular weight excluding hydrogens is 399 g/mol. The number of benzene rings is 2. The average Bonchev–Trinajstić information content (AvgIpc) is 2.75. The summed E-state index contributed by atoms with van der Waals surface area (Å²) in [6.07, 6.45) is 0. The fraction of sp³-hybridized carbons (Fsp3) is 0.176. The SMILES string of the molecule is CC1(c2cccc(Cl)c2)NC(=O)N(Cc2ccc(F)c(Br)c2)C1=O. The van der Waals surface area contributed by atoms with Crippen LogP contribution in [0.25, 0.3) is 0 Å². The van der Waals surface area contributed by atoms with Crippen molar-refractivity contribution < 1.29 is 14.0 Å². The van der Waals surface area contributed by atoms with Crippen molar-refractivity contribution in [1.29, 1.82) is 0 Å². The van der Waals surface area contributed by atoms with Crippen molar-refractivity contribution in [3.63, 3.8) is 0 Å². The lowest BCUT2D eigenvalue weighted by Gasteiger charge is -2.22. The van der Waals surface area contributed by atoms with E-state index in [4.69, 9.17) is 11.6 Å². The van der Waals surface area contributed by atoms with Crippen LogP contribution in [0, 0.1) is 5.82 Å². The molecule has 1 heterocycles. The van der Waals surface area contributed by atoms with Crippen molar-refractivity contribution in [3.8, 4) is 0 Å². The zero-order valence-corrected chi connectivity index (χ0v) is 15.0. The molecular formula is C17H13BrClFN2O2. The van der Waals surface area contributed by atoms with E-state index in [1.165, 1.54) is 12.1 Å². The van der Waals surface area contributed by atoms with E-state index in [9.17, 15) is 14.0 Å². The van der Waals surface area contributed by atoms with Gasteiger partial charge in [-0.2, -0.15) is 0 Å². The minimum atomic E-state index is -1.18. The minimum absolute atomic E-state index is 0.0553. The average molecular weight is 412 g/mol. The number of amides is 3. The normalized spacial score (nSPS) is 20.4. The van der Waals surface area contributed by atoms with Crippen LogP contribution in [0.15, 0.2) is 46.9 Å². The standard InChI is InChI=1S/C17H13BrClFN2O2/c1-17(11-3-2-4-12(19)8-11)15(23)22(16(24)21-17)9-10-5-6-14(20)13(18)7-10/h2-8H,9H2,1H3,(H,21,24). The third kappa shape index (κ3) is 2.91. The Morgan fingerprint density at radius 2 is 2.00 bits per heavy atom. The van der Waals surface area contributed by atoms with Gasteiger partial charge in [-0.05, 0) is 58.2 Å². The predicted octanol–water partition coefficient (Wildman–Crippen LogP) is 4.21. The number of carbonyl (C=O) groups is 2. The van der Waals surface area contributed by atoms with Gasteiger partial charge in [0.05, 0.1) is 11.0 Å². The molecule has 1 aliphatic heterocycles. The van der Waals surface area contributed by atoms with Crippen molar-refractivity contribution in [2.45, 2.75) is 19.0 Å². The van der Waals surface area contributed by atoms with Crippen molar-refractivity contribution >= 4 is 39.5 Å². The molecule has 0 saturated carbocycles. The maximum Gasteiger partial charge on any atom is 0.325 e. The van der Waals surface area contributed by atoms with Gasteiger partial charge in [-0.3, -0.25) is 9.69 Å². The lowest BCUT2D eigenvalue weighted by Crippen LogP contribution is -2.40. The van der Waals surface area contributed by atoms with Gasteiger partial charge in [-0.15, -0.1) is 0 Å². The molecule has 0 radical (unpaired) electrons. The van der Waals surface area contributed by atoms with Crippen molar-refractivity contribution in [2.24, 2.45) is 0 Å². The molecule has 0 aliphatic carbocycles. The number of nitrogens with zero attached hydrogens (tertiary/aromatic N) is 1. The molecule has 4 nitrogen and oxygen atoms in total. The van der Waals surface area contributed by atoms with Crippen molar-refractivity contribution in [1.82, 2.24) is 10.2 Å². The molecule has 1 atom stereocenters. The van der Waals surface area contributed by atoms with Gasteiger partial charge in [0, 0.05) is 5.02 Å². The van der Waals surface area contributed by atoms with Crippen LogP contribution in [-0.2, 0) is 16.9 Å². The number of hydrogen-bond acceptors (Lipinski definition) is 2. The summed E-state index contributed by atoms with van der Waals surface area (Å²) in [4.78, 5) is 26.2. The Labute approximate surface area is 151 Å². The molecule has 1 fully saturated rings. The van der Waals surface area contributed by atoms with Crippen LogP contribution in [0.2, 0.25) is 5.02 Å². The first-order chi connectivity index (χ1) is 11.3. The third-order valence-corrected chi connectivity index (χ3v) is 4.84. The Hall–Kier alpha value is -1.92. The number of nitrogens with one attached hydrogen (secondary N) is 1. The number of hydrogen-bond donors (Lipinski definition) is 1. The first-order valence-corrected chi connectivity index (χ1v) is 8.32. The van der Waals surface area contributed by atoms with Gasteiger partial charge in [0.25, 0.3) is 5.91 Å². The second-order valence-corrected chi connectivity index (χ2v) is 7.00. The maximum absolute atomic E-state index is 13.3. The first kappa shape index (κ1) is 16.9. The summed E-state index contributed by atoms with van der Waals surface area (Å²) in [5.41, 5.74) is 0.0671. The van der Waals surface area contributed by atoms with Gasteiger partial charge in [0.15, 0.2) is 0 Å². The lowest BCUT2D eigenvalue weighted by molar-refractivity contribution is -0.131.